The molecule has 2 heterocycles. The number of nitrogens with one attached hydrogen (secondary N) is 1. The average molecular weight is 315 g/mol. The van der Waals surface area contributed by atoms with Crippen LogP contribution in [0.3, 0.4) is 0 Å². The molecule has 1 saturated heterocycles. The van der Waals surface area contributed by atoms with Crippen LogP contribution in [-0.4, -0.2) is 48.8 Å². The Bertz CT molecular complexity index is 638. The number of nitrogens with two attached hydrogens (primary N) is 1. The zero-order valence-corrected chi connectivity index (χ0v) is 13.1. The average Bonchev–Trinajstić information content (AvgIpc) is 2.98. The van der Waals surface area contributed by atoms with Gasteiger partial charge in [-0.15, -0.1) is 0 Å². The SMILES string of the molecule is CCc1nn(CCN2CCNC2=O)c(CC)c1S(N)(=O)=O. The van der Waals surface area contributed by atoms with Crippen LogP contribution in [0.25, 0.3) is 0 Å². The first-order valence-electron chi connectivity index (χ1n) is 7.02. The molecule has 1 aliphatic rings. The number of hydrogen-bond donors (Lipinski definition) is 2. The second-order valence-corrected chi connectivity index (χ2v) is 6.42. The van der Waals surface area contributed by atoms with Gasteiger partial charge in [-0.3, -0.25) is 4.68 Å². The van der Waals surface area contributed by atoms with Gasteiger partial charge in [0.1, 0.15) is 4.90 Å². The van der Waals surface area contributed by atoms with Crippen LogP contribution >= 0.6 is 0 Å². The number of aryl methyl sites for hydroxylation is 1. The number of sulfonamides is 1. The van der Waals surface area contributed by atoms with Crippen LogP contribution in [0.4, 0.5) is 4.79 Å². The van der Waals surface area contributed by atoms with Gasteiger partial charge in [-0.25, -0.2) is 18.4 Å². The lowest BCUT2D eigenvalue weighted by Crippen LogP contribution is -2.31. The highest BCUT2D eigenvalue weighted by Crippen LogP contribution is 2.20. The highest BCUT2D eigenvalue weighted by atomic mass is 32.2. The van der Waals surface area contributed by atoms with E-state index >= 15 is 0 Å². The van der Waals surface area contributed by atoms with Crippen LogP contribution in [0.1, 0.15) is 25.2 Å². The minimum absolute atomic E-state index is 0.0948. The molecule has 0 saturated carbocycles. The number of urea groups is 1. The molecule has 1 fully saturated rings. The van der Waals surface area contributed by atoms with Crippen molar-refractivity contribution in [3.8, 4) is 0 Å². The van der Waals surface area contributed by atoms with E-state index in [0.717, 1.165) is 0 Å². The smallest absolute Gasteiger partial charge is 0.317 e. The Kier molecular flexibility index (Phi) is 4.52. The standard InChI is InChI=1S/C12H21N5O3S/c1-3-9-11(21(13,19)20)10(4-2)17(15-9)8-7-16-6-5-14-12(16)18/h3-8H2,1-2H3,(H,14,18)(H2,13,19,20). The maximum absolute atomic E-state index is 11.8. The van der Waals surface area contributed by atoms with Gasteiger partial charge >= 0.3 is 6.03 Å². The van der Waals surface area contributed by atoms with E-state index in [-0.39, 0.29) is 10.9 Å². The predicted octanol–water partition coefficient (Wildman–Crippen LogP) is -0.319. The molecule has 1 aromatic heterocycles. The number of rotatable bonds is 6. The first-order valence-corrected chi connectivity index (χ1v) is 8.57. The molecule has 1 aliphatic heterocycles. The van der Waals surface area contributed by atoms with E-state index in [4.69, 9.17) is 5.14 Å². The van der Waals surface area contributed by atoms with Gasteiger partial charge in [0, 0.05) is 19.6 Å². The third-order valence-corrected chi connectivity index (χ3v) is 4.60. The normalized spacial score (nSPS) is 15.6. The first kappa shape index (κ1) is 15.8. The molecular formula is C12H21N5O3S. The van der Waals surface area contributed by atoms with E-state index in [2.05, 4.69) is 10.4 Å². The van der Waals surface area contributed by atoms with Gasteiger partial charge in [0.05, 0.1) is 17.9 Å². The molecule has 2 amide bonds. The van der Waals surface area contributed by atoms with Crippen LogP contribution in [0, 0.1) is 0 Å². The molecule has 0 bridgehead atoms. The van der Waals surface area contributed by atoms with Gasteiger partial charge in [-0.2, -0.15) is 5.10 Å². The van der Waals surface area contributed by atoms with Crippen molar-refractivity contribution in [2.24, 2.45) is 5.14 Å². The number of amides is 2. The van der Waals surface area contributed by atoms with Crippen LogP contribution in [0.2, 0.25) is 0 Å². The molecule has 21 heavy (non-hydrogen) atoms. The van der Waals surface area contributed by atoms with Crippen LogP contribution in [-0.2, 0) is 29.4 Å². The Morgan fingerprint density at radius 1 is 1.29 bits per heavy atom. The Morgan fingerprint density at radius 3 is 2.48 bits per heavy atom. The third kappa shape index (κ3) is 3.18. The highest BCUT2D eigenvalue weighted by Gasteiger charge is 2.25. The Balaban J connectivity index is 2.27. The van der Waals surface area contributed by atoms with E-state index in [0.29, 0.717) is 50.4 Å². The van der Waals surface area contributed by atoms with Crippen molar-refractivity contribution >= 4 is 16.1 Å². The number of primary sulfonamides is 1. The zero-order chi connectivity index (χ0) is 15.6. The molecule has 1 aromatic rings. The summed E-state index contributed by atoms with van der Waals surface area (Å²) >= 11 is 0. The van der Waals surface area contributed by atoms with Gasteiger partial charge in [0.25, 0.3) is 0 Å². The van der Waals surface area contributed by atoms with E-state index in [1.165, 1.54) is 0 Å². The summed E-state index contributed by atoms with van der Waals surface area (Å²) in [6, 6.07) is -0.0948. The number of carbonyl (C=O) groups is 1. The Morgan fingerprint density at radius 2 is 2.00 bits per heavy atom. The van der Waals surface area contributed by atoms with Crippen LogP contribution in [0.5, 0.6) is 0 Å². The van der Waals surface area contributed by atoms with Gasteiger partial charge in [0.2, 0.25) is 10.0 Å². The van der Waals surface area contributed by atoms with E-state index in [9.17, 15) is 13.2 Å². The molecule has 0 aliphatic carbocycles. The fraction of sp³-hybridized carbons (Fsp3) is 0.667. The molecule has 118 valence electrons. The molecule has 8 nitrogen and oxygen atoms in total. The molecular weight excluding hydrogens is 294 g/mol. The molecule has 3 N–H and O–H groups in total. The van der Waals surface area contributed by atoms with Gasteiger partial charge in [0.15, 0.2) is 0 Å². The van der Waals surface area contributed by atoms with Crippen molar-refractivity contribution in [1.29, 1.82) is 0 Å². The topological polar surface area (TPSA) is 110 Å². The molecule has 2 rings (SSSR count). The van der Waals surface area contributed by atoms with Crippen molar-refractivity contribution in [2.75, 3.05) is 19.6 Å². The molecule has 0 spiro atoms. The number of hydrogen-bond acceptors (Lipinski definition) is 4. The summed E-state index contributed by atoms with van der Waals surface area (Å²) < 4.78 is 25.2. The summed E-state index contributed by atoms with van der Waals surface area (Å²) in [5, 5.41) is 12.4. The van der Waals surface area contributed by atoms with Gasteiger partial charge in [-0.05, 0) is 12.8 Å². The second-order valence-electron chi connectivity index (χ2n) is 4.92. The molecule has 0 radical (unpaired) electrons. The fourth-order valence-corrected chi connectivity index (χ4v) is 3.65. The summed E-state index contributed by atoms with van der Waals surface area (Å²) in [5.41, 5.74) is 1.09. The lowest BCUT2D eigenvalue weighted by Gasteiger charge is -2.15. The van der Waals surface area contributed by atoms with Crippen molar-refractivity contribution in [3.05, 3.63) is 11.4 Å². The van der Waals surface area contributed by atoms with E-state index in [1.54, 1.807) is 9.58 Å². The Labute approximate surface area is 124 Å². The minimum atomic E-state index is -3.79. The Hall–Kier alpha value is -1.61. The molecule has 0 atom stereocenters. The summed E-state index contributed by atoms with van der Waals surface area (Å²) in [4.78, 5) is 13.3. The highest BCUT2D eigenvalue weighted by molar-refractivity contribution is 7.89. The van der Waals surface area contributed by atoms with Gasteiger partial charge in [-0.1, -0.05) is 13.8 Å². The number of nitrogens with zero attached hydrogens (tertiary/aromatic N) is 3. The number of carbonyl (C=O) groups excluding carboxylic acids is 1. The quantitative estimate of drug-likeness (QED) is 0.749. The molecule has 9 heteroatoms. The van der Waals surface area contributed by atoms with E-state index < -0.39 is 10.0 Å². The summed E-state index contributed by atoms with van der Waals surface area (Å²) in [5.74, 6) is 0. The predicted molar refractivity (Wildman–Crippen MR) is 77.3 cm³/mol. The molecule has 0 aromatic carbocycles. The zero-order valence-electron chi connectivity index (χ0n) is 12.3. The number of aromatic nitrogens is 2. The molecule has 0 unspecified atom stereocenters. The van der Waals surface area contributed by atoms with Crippen molar-refractivity contribution in [3.63, 3.8) is 0 Å². The maximum atomic E-state index is 11.8. The summed E-state index contributed by atoms with van der Waals surface area (Å²) in [7, 11) is -3.79. The van der Waals surface area contributed by atoms with Crippen molar-refractivity contribution in [2.45, 2.75) is 38.1 Å². The maximum Gasteiger partial charge on any atom is 0.317 e. The lowest BCUT2D eigenvalue weighted by molar-refractivity contribution is 0.214. The fourth-order valence-electron chi connectivity index (χ4n) is 2.56. The first-order chi connectivity index (χ1) is 9.88. The minimum Gasteiger partial charge on any atom is -0.336 e. The van der Waals surface area contributed by atoms with Gasteiger partial charge < -0.3 is 10.2 Å². The largest absolute Gasteiger partial charge is 0.336 e. The third-order valence-electron chi connectivity index (χ3n) is 3.56. The lowest BCUT2D eigenvalue weighted by atomic mass is 10.2. The second kappa shape index (κ2) is 6.02. The summed E-state index contributed by atoms with van der Waals surface area (Å²) in [6.07, 6.45) is 1.01. The monoisotopic (exact) mass is 315 g/mol. The van der Waals surface area contributed by atoms with Crippen LogP contribution < -0.4 is 10.5 Å². The van der Waals surface area contributed by atoms with Crippen LogP contribution in [0.15, 0.2) is 4.90 Å². The van der Waals surface area contributed by atoms with Crippen molar-refractivity contribution in [1.82, 2.24) is 20.0 Å². The van der Waals surface area contributed by atoms with E-state index in [1.807, 2.05) is 13.8 Å². The summed E-state index contributed by atoms with van der Waals surface area (Å²) in [6.45, 7) is 5.96. The van der Waals surface area contributed by atoms with Crippen molar-refractivity contribution < 1.29 is 13.2 Å².